The zero-order valence-electron chi connectivity index (χ0n) is 9.50. The molecule has 0 saturated carbocycles. The molecule has 1 heterocycles. The standard InChI is InChI=1S/C9H13BrClN5O/c1-16(2)9(17)13-4-3-12-7-6(10)5-14-8(11)15-7/h5H,3-4H2,1-2H3,(H,13,17)(H,12,14,15). The van der Waals surface area contributed by atoms with Gasteiger partial charge in [0.2, 0.25) is 5.28 Å². The number of carbonyl (C=O) groups excluding carboxylic acids is 1. The Balaban J connectivity index is 2.36. The molecule has 0 unspecified atom stereocenters. The minimum atomic E-state index is -0.133. The predicted molar refractivity (Wildman–Crippen MR) is 70.3 cm³/mol. The SMILES string of the molecule is CN(C)C(=O)NCCNc1nc(Cl)ncc1Br. The van der Waals surface area contributed by atoms with E-state index in [1.165, 1.54) is 4.90 Å². The van der Waals surface area contributed by atoms with Crippen LogP contribution >= 0.6 is 27.5 Å². The van der Waals surface area contributed by atoms with E-state index in [1.807, 2.05) is 0 Å². The van der Waals surface area contributed by atoms with Crippen LogP contribution in [0.2, 0.25) is 5.28 Å². The second-order valence-corrected chi connectivity index (χ2v) is 4.58. The van der Waals surface area contributed by atoms with Crippen molar-refractivity contribution in [1.29, 1.82) is 0 Å². The van der Waals surface area contributed by atoms with E-state index in [1.54, 1.807) is 20.3 Å². The quantitative estimate of drug-likeness (QED) is 0.652. The summed E-state index contributed by atoms with van der Waals surface area (Å²) < 4.78 is 0.723. The van der Waals surface area contributed by atoms with Gasteiger partial charge in [-0.3, -0.25) is 0 Å². The average Bonchev–Trinajstić information content (AvgIpc) is 2.28. The molecule has 1 aromatic heterocycles. The lowest BCUT2D eigenvalue weighted by Gasteiger charge is -2.12. The fraction of sp³-hybridized carbons (Fsp3) is 0.444. The molecule has 0 bridgehead atoms. The lowest BCUT2D eigenvalue weighted by molar-refractivity contribution is 0.218. The minimum absolute atomic E-state index is 0.133. The predicted octanol–water partition coefficient (Wildman–Crippen LogP) is 1.58. The number of hydrogen-bond acceptors (Lipinski definition) is 4. The molecule has 0 aliphatic carbocycles. The van der Waals surface area contributed by atoms with Crippen LogP contribution in [0.3, 0.4) is 0 Å². The third-order valence-corrected chi connectivity index (χ3v) is 2.58. The van der Waals surface area contributed by atoms with Gasteiger partial charge in [0.15, 0.2) is 0 Å². The summed E-state index contributed by atoms with van der Waals surface area (Å²) in [5, 5.41) is 5.93. The van der Waals surface area contributed by atoms with Crippen LogP contribution in [-0.2, 0) is 0 Å². The summed E-state index contributed by atoms with van der Waals surface area (Å²) in [5.74, 6) is 0.601. The third-order valence-electron chi connectivity index (χ3n) is 1.81. The molecule has 17 heavy (non-hydrogen) atoms. The van der Waals surface area contributed by atoms with E-state index >= 15 is 0 Å². The molecule has 1 rings (SSSR count). The maximum atomic E-state index is 11.2. The van der Waals surface area contributed by atoms with Gasteiger partial charge in [-0.25, -0.2) is 9.78 Å². The Morgan fingerprint density at radius 1 is 1.53 bits per heavy atom. The van der Waals surface area contributed by atoms with Gasteiger partial charge in [0.1, 0.15) is 5.82 Å². The largest absolute Gasteiger partial charge is 0.367 e. The molecule has 0 aliphatic rings. The molecule has 1 aromatic rings. The minimum Gasteiger partial charge on any atom is -0.367 e. The molecule has 0 radical (unpaired) electrons. The van der Waals surface area contributed by atoms with Crippen molar-refractivity contribution < 1.29 is 4.79 Å². The summed E-state index contributed by atoms with van der Waals surface area (Å²) in [6.07, 6.45) is 1.57. The first-order valence-corrected chi connectivity index (χ1v) is 6.05. The van der Waals surface area contributed by atoms with E-state index in [9.17, 15) is 4.79 Å². The Bertz CT molecular complexity index is 401. The van der Waals surface area contributed by atoms with Crippen LogP contribution in [0.1, 0.15) is 0 Å². The Labute approximate surface area is 113 Å². The van der Waals surface area contributed by atoms with Crippen LogP contribution in [-0.4, -0.2) is 48.1 Å². The van der Waals surface area contributed by atoms with Gasteiger partial charge in [-0.2, -0.15) is 4.98 Å². The summed E-state index contributed by atoms with van der Waals surface area (Å²) in [6.45, 7) is 1.04. The highest BCUT2D eigenvalue weighted by molar-refractivity contribution is 9.10. The Hall–Kier alpha value is -1.08. The number of anilines is 1. The maximum absolute atomic E-state index is 11.2. The zero-order valence-corrected chi connectivity index (χ0v) is 11.8. The number of carbonyl (C=O) groups is 1. The third kappa shape index (κ3) is 4.74. The van der Waals surface area contributed by atoms with Crippen LogP contribution in [0.25, 0.3) is 0 Å². The van der Waals surface area contributed by atoms with Gasteiger partial charge >= 0.3 is 6.03 Å². The Morgan fingerprint density at radius 3 is 2.88 bits per heavy atom. The van der Waals surface area contributed by atoms with E-state index in [-0.39, 0.29) is 11.3 Å². The monoisotopic (exact) mass is 321 g/mol. The van der Waals surface area contributed by atoms with Gasteiger partial charge in [0.25, 0.3) is 0 Å². The Morgan fingerprint density at radius 2 is 2.24 bits per heavy atom. The van der Waals surface area contributed by atoms with Crippen LogP contribution in [0.5, 0.6) is 0 Å². The molecule has 6 nitrogen and oxygen atoms in total. The van der Waals surface area contributed by atoms with Crippen molar-refractivity contribution in [3.05, 3.63) is 16.0 Å². The molecule has 94 valence electrons. The lowest BCUT2D eigenvalue weighted by Crippen LogP contribution is -2.37. The molecular weight excluding hydrogens is 309 g/mol. The molecule has 8 heteroatoms. The molecule has 0 atom stereocenters. The first-order chi connectivity index (χ1) is 8.00. The number of nitrogens with zero attached hydrogens (tertiary/aromatic N) is 3. The van der Waals surface area contributed by atoms with Crippen molar-refractivity contribution in [2.75, 3.05) is 32.5 Å². The van der Waals surface area contributed by atoms with Gasteiger partial charge in [-0.15, -0.1) is 0 Å². The van der Waals surface area contributed by atoms with Crippen LogP contribution in [0.15, 0.2) is 10.7 Å². The van der Waals surface area contributed by atoms with E-state index < -0.39 is 0 Å². The number of hydrogen-bond donors (Lipinski definition) is 2. The van der Waals surface area contributed by atoms with Crippen molar-refractivity contribution in [2.24, 2.45) is 0 Å². The summed E-state index contributed by atoms with van der Waals surface area (Å²) in [7, 11) is 3.37. The van der Waals surface area contributed by atoms with Gasteiger partial charge in [-0.1, -0.05) is 0 Å². The van der Waals surface area contributed by atoms with Gasteiger partial charge < -0.3 is 15.5 Å². The molecule has 0 aromatic carbocycles. The van der Waals surface area contributed by atoms with Crippen molar-refractivity contribution in [3.8, 4) is 0 Å². The molecule has 2 N–H and O–H groups in total. The lowest BCUT2D eigenvalue weighted by atomic mass is 10.5. The summed E-state index contributed by atoms with van der Waals surface area (Å²) >= 11 is 8.96. The van der Waals surface area contributed by atoms with Crippen molar-refractivity contribution in [2.45, 2.75) is 0 Å². The van der Waals surface area contributed by atoms with Crippen molar-refractivity contribution >= 4 is 39.4 Å². The normalized spacial score (nSPS) is 9.88. The van der Waals surface area contributed by atoms with Crippen LogP contribution in [0, 0.1) is 0 Å². The molecule has 0 aliphatic heterocycles. The molecule has 0 fully saturated rings. The maximum Gasteiger partial charge on any atom is 0.316 e. The first kappa shape index (κ1) is 14.0. The van der Waals surface area contributed by atoms with E-state index in [0.29, 0.717) is 18.9 Å². The summed E-state index contributed by atoms with van der Waals surface area (Å²) in [6, 6.07) is -0.133. The van der Waals surface area contributed by atoms with Crippen LogP contribution < -0.4 is 10.6 Å². The second-order valence-electron chi connectivity index (χ2n) is 3.39. The second kappa shape index (κ2) is 6.61. The van der Waals surface area contributed by atoms with Crippen molar-refractivity contribution in [3.63, 3.8) is 0 Å². The van der Waals surface area contributed by atoms with Crippen molar-refractivity contribution in [1.82, 2.24) is 20.2 Å². The number of rotatable bonds is 4. The number of amides is 2. The fourth-order valence-corrected chi connectivity index (χ4v) is 1.44. The van der Waals surface area contributed by atoms with Gasteiger partial charge in [0, 0.05) is 33.4 Å². The van der Waals surface area contributed by atoms with Crippen LogP contribution in [0.4, 0.5) is 10.6 Å². The summed E-state index contributed by atoms with van der Waals surface area (Å²) in [5.41, 5.74) is 0. The number of halogens is 2. The average molecular weight is 323 g/mol. The highest BCUT2D eigenvalue weighted by Gasteiger charge is 2.04. The first-order valence-electron chi connectivity index (χ1n) is 4.87. The van der Waals surface area contributed by atoms with E-state index in [4.69, 9.17) is 11.6 Å². The molecule has 0 spiro atoms. The number of aromatic nitrogens is 2. The van der Waals surface area contributed by atoms with E-state index in [0.717, 1.165) is 4.47 Å². The molecule has 2 amide bonds. The highest BCUT2D eigenvalue weighted by atomic mass is 79.9. The van der Waals surface area contributed by atoms with Gasteiger partial charge in [0.05, 0.1) is 4.47 Å². The summed E-state index contributed by atoms with van der Waals surface area (Å²) in [4.78, 5) is 20.5. The Kier molecular flexibility index (Phi) is 5.43. The number of nitrogens with one attached hydrogen (secondary N) is 2. The molecule has 0 saturated heterocycles. The smallest absolute Gasteiger partial charge is 0.316 e. The molecular formula is C9H13BrClN5O. The van der Waals surface area contributed by atoms with E-state index in [2.05, 4.69) is 36.5 Å². The fourth-order valence-electron chi connectivity index (χ4n) is 0.978. The highest BCUT2D eigenvalue weighted by Crippen LogP contribution is 2.19. The zero-order chi connectivity index (χ0) is 12.8. The topological polar surface area (TPSA) is 70.2 Å². The van der Waals surface area contributed by atoms with Gasteiger partial charge in [-0.05, 0) is 27.5 Å². The number of urea groups is 1.